The third-order valence-electron chi connectivity index (χ3n) is 4.55. The van der Waals surface area contributed by atoms with Crippen LogP contribution in [0.2, 0.25) is 0 Å². The Morgan fingerprint density at radius 2 is 1.88 bits per heavy atom. The number of ether oxygens (including phenoxy) is 3. The maximum Gasteiger partial charge on any atom is 0.410 e. The lowest BCUT2D eigenvalue weighted by molar-refractivity contribution is -0.0506. The summed E-state index contributed by atoms with van der Waals surface area (Å²) in [5, 5.41) is 10.3. The maximum absolute atomic E-state index is 12.2. The van der Waals surface area contributed by atoms with Crippen LogP contribution in [0.3, 0.4) is 0 Å². The second kappa shape index (κ2) is 9.71. The van der Waals surface area contributed by atoms with Crippen molar-refractivity contribution in [2.75, 3.05) is 40.0 Å². The van der Waals surface area contributed by atoms with Crippen LogP contribution < -0.4 is 5.73 Å². The van der Waals surface area contributed by atoms with Gasteiger partial charge in [-0.05, 0) is 58.9 Å². The molecule has 7 heteroatoms. The highest BCUT2D eigenvalue weighted by atomic mass is 16.6. The molecule has 1 rings (SSSR count). The molecule has 0 aromatic rings. The van der Waals surface area contributed by atoms with Crippen LogP contribution in [0, 0.1) is 5.41 Å². The zero-order valence-corrected chi connectivity index (χ0v) is 16.4. The van der Waals surface area contributed by atoms with E-state index < -0.39 is 11.7 Å². The van der Waals surface area contributed by atoms with Gasteiger partial charge in [-0.1, -0.05) is 0 Å². The number of hydrogen-bond acceptors (Lipinski definition) is 6. The molecule has 0 aliphatic carbocycles. The molecule has 25 heavy (non-hydrogen) atoms. The lowest BCUT2D eigenvalue weighted by Gasteiger charge is -2.42. The summed E-state index contributed by atoms with van der Waals surface area (Å²) in [6.07, 6.45) is 1.18. The molecule has 1 amide bonds. The van der Waals surface area contributed by atoms with Crippen molar-refractivity contribution in [2.45, 2.75) is 64.8 Å². The molecule has 1 fully saturated rings. The first-order valence-electron chi connectivity index (χ1n) is 9.07. The van der Waals surface area contributed by atoms with E-state index in [9.17, 15) is 9.90 Å². The molecule has 1 aliphatic heterocycles. The standard InChI is InChI=1S/C18H36N2O5/c1-14(11-23-5)24-12-15(21)10-18(13-19)6-8-20(9-7-18)16(22)25-17(2,3)4/h14-15,21H,6-13,19H2,1-5H3. The molecule has 2 atom stereocenters. The fourth-order valence-corrected chi connectivity index (χ4v) is 3.10. The Morgan fingerprint density at radius 1 is 1.28 bits per heavy atom. The van der Waals surface area contributed by atoms with E-state index >= 15 is 0 Å². The highest BCUT2D eigenvalue weighted by Gasteiger charge is 2.37. The first kappa shape index (κ1) is 22.2. The van der Waals surface area contributed by atoms with E-state index in [1.165, 1.54) is 0 Å². The van der Waals surface area contributed by atoms with Crippen LogP contribution in [0.1, 0.15) is 47.0 Å². The van der Waals surface area contributed by atoms with Gasteiger partial charge in [-0.2, -0.15) is 0 Å². The smallest absolute Gasteiger partial charge is 0.410 e. The van der Waals surface area contributed by atoms with Gasteiger partial charge in [0.2, 0.25) is 0 Å². The minimum Gasteiger partial charge on any atom is -0.444 e. The fraction of sp³-hybridized carbons (Fsp3) is 0.944. The molecule has 1 heterocycles. The van der Waals surface area contributed by atoms with Crippen molar-refractivity contribution in [3.8, 4) is 0 Å². The van der Waals surface area contributed by atoms with Gasteiger partial charge in [0.25, 0.3) is 0 Å². The van der Waals surface area contributed by atoms with Crippen molar-refractivity contribution in [3.05, 3.63) is 0 Å². The minimum atomic E-state index is -0.573. The van der Waals surface area contributed by atoms with Gasteiger partial charge in [-0.15, -0.1) is 0 Å². The van der Waals surface area contributed by atoms with E-state index in [2.05, 4.69) is 0 Å². The molecule has 0 radical (unpaired) electrons. The van der Waals surface area contributed by atoms with Crippen molar-refractivity contribution < 1.29 is 24.1 Å². The molecular weight excluding hydrogens is 324 g/mol. The molecule has 1 aliphatic rings. The van der Waals surface area contributed by atoms with Crippen LogP contribution in [0.5, 0.6) is 0 Å². The van der Waals surface area contributed by atoms with E-state index in [1.807, 2.05) is 27.7 Å². The van der Waals surface area contributed by atoms with Crippen LogP contribution in [0.15, 0.2) is 0 Å². The Balaban J connectivity index is 2.47. The lowest BCUT2D eigenvalue weighted by Crippen LogP contribution is -2.49. The zero-order chi connectivity index (χ0) is 19.1. The first-order chi connectivity index (χ1) is 11.6. The molecule has 7 nitrogen and oxygen atoms in total. The SMILES string of the molecule is COCC(C)OCC(O)CC1(CN)CCN(C(=O)OC(C)(C)C)CC1. The number of aliphatic hydroxyl groups is 1. The number of nitrogens with two attached hydrogens (primary N) is 1. The number of methoxy groups -OCH3 is 1. The minimum absolute atomic E-state index is 0.0532. The predicted octanol–water partition coefficient (Wildman–Crippen LogP) is 1.76. The molecule has 3 N–H and O–H groups in total. The largest absolute Gasteiger partial charge is 0.444 e. The van der Waals surface area contributed by atoms with Gasteiger partial charge in [-0.25, -0.2) is 4.79 Å². The monoisotopic (exact) mass is 360 g/mol. The number of likely N-dealkylation sites (tertiary alicyclic amines) is 1. The Labute approximate surface area is 151 Å². The Bertz CT molecular complexity index is 403. The number of piperidine rings is 1. The van der Waals surface area contributed by atoms with E-state index in [0.29, 0.717) is 32.7 Å². The Hall–Kier alpha value is -0.890. The number of hydrogen-bond donors (Lipinski definition) is 2. The average molecular weight is 360 g/mol. The Morgan fingerprint density at radius 3 is 2.36 bits per heavy atom. The number of nitrogens with zero attached hydrogens (tertiary/aromatic N) is 1. The molecule has 0 spiro atoms. The molecule has 0 saturated carbocycles. The highest BCUT2D eigenvalue weighted by molar-refractivity contribution is 5.68. The summed E-state index contributed by atoms with van der Waals surface area (Å²) < 4.78 is 16.0. The molecule has 0 aromatic heterocycles. The van der Waals surface area contributed by atoms with Crippen LogP contribution in [-0.2, 0) is 14.2 Å². The topological polar surface area (TPSA) is 94.2 Å². The third kappa shape index (κ3) is 7.90. The summed E-state index contributed by atoms with van der Waals surface area (Å²) in [6, 6.07) is 0. The summed E-state index contributed by atoms with van der Waals surface area (Å²) in [5.41, 5.74) is 5.35. The number of carbonyl (C=O) groups is 1. The molecule has 2 unspecified atom stereocenters. The van der Waals surface area contributed by atoms with Crippen LogP contribution in [0.25, 0.3) is 0 Å². The highest BCUT2D eigenvalue weighted by Crippen LogP contribution is 2.35. The number of rotatable bonds is 8. The van der Waals surface area contributed by atoms with Crippen molar-refractivity contribution in [1.29, 1.82) is 0 Å². The van der Waals surface area contributed by atoms with Gasteiger partial charge >= 0.3 is 6.09 Å². The van der Waals surface area contributed by atoms with E-state index in [-0.39, 0.29) is 24.2 Å². The zero-order valence-electron chi connectivity index (χ0n) is 16.4. The normalized spacial score (nSPS) is 20.2. The van der Waals surface area contributed by atoms with Crippen molar-refractivity contribution in [3.63, 3.8) is 0 Å². The maximum atomic E-state index is 12.2. The van der Waals surface area contributed by atoms with Gasteiger partial charge in [0.05, 0.1) is 25.4 Å². The fourth-order valence-electron chi connectivity index (χ4n) is 3.10. The van der Waals surface area contributed by atoms with Crippen molar-refractivity contribution in [2.24, 2.45) is 11.1 Å². The summed E-state index contributed by atoms with van der Waals surface area (Å²) in [7, 11) is 1.62. The summed E-state index contributed by atoms with van der Waals surface area (Å²) in [4.78, 5) is 13.9. The average Bonchev–Trinajstić information content (AvgIpc) is 2.52. The van der Waals surface area contributed by atoms with Gasteiger partial charge in [0.15, 0.2) is 0 Å². The lowest BCUT2D eigenvalue weighted by atomic mass is 9.74. The van der Waals surface area contributed by atoms with Crippen LogP contribution in [-0.4, -0.2) is 73.9 Å². The molecule has 148 valence electrons. The number of carbonyl (C=O) groups excluding carboxylic acids is 1. The van der Waals surface area contributed by atoms with Crippen LogP contribution >= 0.6 is 0 Å². The van der Waals surface area contributed by atoms with Crippen molar-refractivity contribution >= 4 is 6.09 Å². The second-order valence-electron chi connectivity index (χ2n) is 8.13. The second-order valence-corrected chi connectivity index (χ2v) is 8.13. The molecular formula is C18H36N2O5. The van der Waals surface area contributed by atoms with Crippen LogP contribution in [0.4, 0.5) is 4.79 Å². The van der Waals surface area contributed by atoms with Gasteiger partial charge in [0, 0.05) is 20.2 Å². The van der Waals surface area contributed by atoms with Crippen molar-refractivity contribution in [1.82, 2.24) is 4.90 Å². The van der Waals surface area contributed by atoms with Gasteiger partial charge < -0.3 is 30.0 Å². The summed E-state index contributed by atoms with van der Waals surface area (Å²) >= 11 is 0. The Kier molecular flexibility index (Phi) is 8.60. The predicted molar refractivity (Wildman–Crippen MR) is 96.4 cm³/mol. The number of aliphatic hydroxyl groups excluding tert-OH is 1. The van der Waals surface area contributed by atoms with E-state index in [1.54, 1.807) is 12.0 Å². The van der Waals surface area contributed by atoms with Gasteiger partial charge in [0.1, 0.15) is 5.60 Å². The summed E-state index contributed by atoms with van der Waals surface area (Å²) in [5.74, 6) is 0. The van der Waals surface area contributed by atoms with Gasteiger partial charge in [-0.3, -0.25) is 0 Å². The first-order valence-corrected chi connectivity index (χ1v) is 9.07. The summed E-state index contributed by atoms with van der Waals surface area (Å²) in [6.45, 7) is 9.94. The molecule has 0 aromatic carbocycles. The van der Waals surface area contributed by atoms with E-state index in [4.69, 9.17) is 19.9 Å². The van der Waals surface area contributed by atoms with E-state index in [0.717, 1.165) is 12.8 Å². The number of amides is 1. The molecule has 1 saturated heterocycles. The molecule has 0 bridgehead atoms. The third-order valence-corrected chi connectivity index (χ3v) is 4.55. The quantitative estimate of drug-likeness (QED) is 0.685.